The second kappa shape index (κ2) is 6.77. The topological polar surface area (TPSA) is 78.8 Å². The Hall–Kier alpha value is -2.52. The third-order valence-electron chi connectivity index (χ3n) is 3.55. The molecule has 2 heterocycles. The van der Waals surface area contributed by atoms with Crippen molar-refractivity contribution in [2.45, 2.75) is 6.54 Å². The van der Waals surface area contributed by atoms with Gasteiger partial charge in [0.15, 0.2) is 0 Å². The van der Waals surface area contributed by atoms with E-state index in [0.29, 0.717) is 10.4 Å². The van der Waals surface area contributed by atoms with E-state index in [0.717, 1.165) is 4.31 Å². The highest BCUT2D eigenvalue weighted by Crippen LogP contribution is 2.21. The van der Waals surface area contributed by atoms with Crippen molar-refractivity contribution in [3.63, 3.8) is 0 Å². The number of allylic oxidation sites excluding steroid dienone is 1. The van der Waals surface area contributed by atoms with E-state index in [1.54, 1.807) is 29.6 Å². The quantitative estimate of drug-likeness (QED) is 0.883. The lowest BCUT2D eigenvalue weighted by molar-refractivity contribution is -0.118. The average molecular weight is 379 g/mol. The molecular formula is C16H14FN3O3S2. The van der Waals surface area contributed by atoms with Crippen LogP contribution in [0.4, 0.5) is 4.39 Å². The number of halogens is 1. The van der Waals surface area contributed by atoms with Gasteiger partial charge < -0.3 is 5.32 Å². The largest absolute Gasteiger partial charge is 0.347 e. The number of carbonyl (C=O) groups is 1. The Labute approximate surface area is 148 Å². The highest BCUT2D eigenvalue weighted by molar-refractivity contribution is 7.88. The zero-order chi connectivity index (χ0) is 18.0. The third kappa shape index (κ3) is 3.77. The van der Waals surface area contributed by atoms with E-state index in [9.17, 15) is 17.6 Å². The van der Waals surface area contributed by atoms with Crippen molar-refractivity contribution in [3.05, 3.63) is 69.8 Å². The van der Waals surface area contributed by atoms with Crippen LogP contribution in [-0.4, -0.2) is 31.4 Å². The molecule has 6 nitrogen and oxygen atoms in total. The monoisotopic (exact) mass is 379 g/mol. The highest BCUT2D eigenvalue weighted by atomic mass is 32.2. The molecule has 0 bridgehead atoms. The maximum absolute atomic E-state index is 12.9. The molecule has 3 rings (SSSR count). The van der Waals surface area contributed by atoms with Gasteiger partial charge in [-0.2, -0.15) is 8.42 Å². The van der Waals surface area contributed by atoms with Crippen LogP contribution in [0.15, 0.2) is 57.9 Å². The molecule has 0 aliphatic carbocycles. The number of hydrogen-bond donors (Lipinski definition) is 1. The van der Waals surface area contributed by atoms with E-state index in [2.05, 4.69) is 9.71 Å². The Kier molecular flexibility index (Phi) is 4.69. The first kappa shape index (κ1) is 17.3. The number of thiophene rings is 1. The molecule has 0 fully saturated rings. The number of rotatable bonds is 4. The van der Waals surface area contributed by atoms with Crippen LogP contribution < -0.4 is 5.32 Å². The Bertz CT molecular complexity index is 949. The lowest BCUT2D eigenvalue weighted by Gasteiger charge is -2.23. The van der Waals surface area contributed by atoms with Gasteiger partial charge in [0.25, 0.3) is 5.91 Å². The highest BCUT2D eigenvalue weighted by Gasteiger charge is 2.30. The molecule has 0 spiro atoms. The molecule has 1 aliphatic rings. The van der Waals surface area contributed by atoms with E-state index in [-0.39, 0.29) is 23.8 Å². The molecule has 1 aliphatic heterocycles. The predicted molar refractivity (Wildman–Crippen MR) is 93.9 cm³/mol. The second-order valence-corrected chi connectivity index (χ2v) is 7.81. The van der Waals surface area contributed by atoms with Crippen molar-refractivity contribution in [1.29, 1.82) is 0 Å². The number of nitrogens with zero attached hydrogens (tertiary/aromatic N) is 2. The standard InChI is InChI=1S/C16H14FN3O3S2/c1-20-14(16(21)18-10-11-4-6-12(17)7-5-11)9-13(19-25(20,22)23)15-3-2-8-24-15/h2-9H,10H2,1H3,(H,18,21). The molecule has 1 aromatic carbocycles. The van der Waals surface area contributed by atoms with Gasteiger partial charge >= 0.3 is 10.2 Å². The SMILES string of the molecule is CN1C(C(=O)NCc2ccc(F)cc2)=CC(c2cccs2)=NS1(=O)=O. The van der Waals surface area contributed by atoms with Gasteiger partial charge in [0, 0.05) is 13.6 Å². The maximum atomic E-state index is 12.9. The molecule has 0 atom stereocenters. The molecular weight excluding hydrogens is 365 g/mol. The van der Waals surface area contributed by atoms with E-state index in [1.807, 2.05) is 0 Å². The summed E-state index contributed by atoms with van der Waals surface area (Å²) in [6, 6.07) is 9.18. The van der Waals surface area contributed by atoms with E-state index < -0.39 is 16.1 Å². The van der Waals surface area contributed by atoms with Gasteiger partial charge in [0.1, 0.15) is 11.5 Å². The summed E-state index contributed by atoms with van der Waals surface area (Å²) in [4.78, 5) is 13.1. The average Bonchev–Trinajstić information content (AvgIpc) is 3.11. The molecule has 0 radical (unpaired) electrons. The van der Waals surface area contributed by atoms with Gasteiger partial charge in [0.2, 0.25) is 0 Å². The lowest BCUT2D eigenvalue weighted by Crippen LogP contribution is -2.38. The van der Waals surface area contributed by atoms with Crippen molar-refractivity contribution >= 4 is 33.2 Å². The maximum Gasteiger partial charge on any atom is 0.345 e. The smallest absolute Gasteiger partial charge is 0.345 e. The normalized spacial score (nSPS) is 16.2. The number of carbonyl (C=O) groups excluding carboxylic acids is 1. The lowest BCUT2D eigenvalue weighted by atomic mass is 10.2. The Morgan fingerprint density at radius 3 is 2.64 bits per heavy atom. The summed E-state index contributed by atoms with van der Waals surface area (Å²) in [5.74, 6) is -0.924. The van der Waals surface area contributed by atoms with E-state index in [4.69, 9.17) is 0 Å². The van der Waals surface area contributed by atoms with Crippen LogP contribution in [0, 0.1) is 5.82 Å². The van der Waals surface area contributed by atoms with Crippen molar-refractivity contribution in [3.8, 4) is 0 Å². The van der Waals surface area contributed by atoms with Crippen LogP contribution >= 0.6 is 11.3 Å². The fourth-order valence-corrected chi connectivity index (χ4v) is 3.83. The minimum Gasteiger partial charge on any atom is -0.347 e. The molecule has 1 aromatic heterocycles. The summed E-state index contributed by atoms with van der Waals surface area (Å²) in [7, 11) is -2.70. The zero-order valence-electron chi connectivity index (χ0n) is 13.1. The van der Waals surface area contributed by atoms with E-state index >= 15 is 0 Å². The molecule has 130 valence electrons. The summed E-state index contributed by atoms with van der Waals surface area (Å²) in [5.41, 5.74) is 0.893. The summed E-state index contributed by atoms with van der Waals surface area (Å²) in [6.45, 7) is 0.149. The minimum atomic E-state index is -3.97. The van der Waals surface area contributed by atoms with Crippen molar-refractivity contribution < 1.29 is 17.6 Å². The fourth-order valence-electron chi connectivity index (χ4n) is 2.18. The van der Waals surface area contributed by atoms with E-state index in [1.165, 1.54) is 36.6 Å². The van der Waals surface area contributed by atoms with Gasteiger partial charge in [-0.25, -0.2) is 8.70 Å². The molecule has 0 saturated heterocycles. The number of benzene rings is 1. The molecule has 0 unspecified atom stereocenters. The Morgan fingerprint density at radius 2 is 2.00 bits per heavy atom. The first-order chi connectivity index (χ1) is 11.9. The summed E-state index contributed by atoms with van der Waals surface area (Å²) < 4.78 is 41.9. The van der Waals surface area contributed by atoms with Gasteiger partial charge in [-0.15, -0.1) is 15.7 Å². The molecule has 0 saturated carbocycles. The fraction of sp³-hybridized carbons (Fsp3) is 0.125. The number of likely N-dealkylation sites (N-methyl/N-ethyl adjacent to an activating group) is 1. The van der Waals surface area contributed by atoms with Crippen molar-refractivity contribution in [1.82, 2.24) is 9.62 Å². The molecule has 9 heteroatoms. The summed E-state index contributed by atoms with van der Waals surface area (Å²) >= 11 is 1.33. The van der Waals surface area contributed by atoms with Crippen LogP contribution in [0.25, 0.3) is 0 Å². The first-order valence-electron chi connectivity index (χ1n) is 7.24. The Morgan fingerprint density at radius 1 is 1.28 bits per heavy atom. The van der Waals surface area contributed by atoms with Crippen LogP contribution in [-0.2, 0) is 21.5 Å². The number of hydrogen-bond acceptors (Lipinski definition) is 4. The molecule has 1 N–H and O–H groups in total. The number of amides is 1. The van der Waals surface area contributed by atoms with Gasteiger partial charge in [-0.3, -0.25) is 4.79 Å². The molecule has 25 heavy (non-hydrogen) atoms. The van der Waals surface area contributed by atoms with Crippen LogP contribution in [0.2, 0.25) is 0 Å². The summed E-state index contributed by atoms with van der Waals surface area (Å²) in [5, 5.41) is 4.43. The summed E-state index contributed by atoms with van der Waals surface area (Å²) in [6.07, 6.45) is 1.44. The van der Waals surface area contributed by atoms with Crippen molar-refractivity contribution in [2.24, 2.45) is 4.40 Å². The second-order valence-electron chi connectivity index (χ2n) is 5.24. The van der Waals surface area contributed by atoms with Gasteiger partial charge in [-0.1, -0.05) is 18.2 Å². The molecule has 2 aromatic rings. The molecule has 1 amide bonds. The van der Waals surface area contributed by atoms with Crippen LogP contribution in [0.3, 0.4) is 0 Å². The third-order valence-corrected chi connectivity index (χ3v) is 5.75. The predicted octanol–water partition coefficient (Wildman–Crippen LogP) is 2.07. The Balaban J connectivity index is 1.82. The zero-order valence-corrected chi connectivity index (χ0v) is 14.8. The number of nitrogens with one attached hydrogen (secondary N) is 1. The van der Waals surface area contributed by atoms with Crippen molar-refractivity contribution in [2.75, 3.05) is 7.05 Å². The van der Waals surface area contributed by atoms with Crippen LogP contribution in [0.5, 0.6) is 0 Å². The van der Waals surface area contributed by atoms with Gasteiger partial charge in [0.05, 0.1) is 10.6 Å². The minimum absolute atomic E-state index is 0.0273. The van der Waals surface area contributed by atoms with Gasteiger partial charge in [-0.05, 0) is 35.2 Å². The first-order valence-corrected chi connectivity index (χ1v) is 9.51. The van der Waals surface area contributed by atoms with Crippen LogP contribution in [0.1, 0.15) is 10.4 Å².